The van der Waals surface area contributed by atoms with E-state index in [0.717, 1.165) is 6.07 Å². The maximum Gasteiger partial charge on any atom is 0.416 e. The lowest BCUT2D eigenvalue weighted by molar-refractivity contribution is -0.138. The van der Waals surface area contributed by atoms with Crippen molar-refractivity contribution in [2.75, 3.05) is 7.11 Å². The van der Waals surface area contributed by atoms with Crippen molar-refractivity contribution in [1.29, 1.82) is 0 Å². The zero-order valence-electron chi connectivity index (χ0n) is 14.5. The number of rotatable bonds is 7. The number of carbonyl (C=O) groups excluding carboxylic acids is 1. The van der Waals surface area contributed by atoms with Gasteiger partial charge < -0.3 is 15.2 Å². The van der Waals surface area contributed by atoms with Crippen LogP contribution in [0.15, 0.2) is 42.5 Å². The average Bonchev–Trinajstić information content (AvgIpc) is 2.63. The zero-order chi connectivity index (χ0) is 20.0. The summed E-state index contributed by atoms with van der Waals surface area (Å²) in [5.74, 6) is -1.50. The van der Waals surface area contributed by atoms with Crippen molar-refractivity contribution in [2.45, 2.75) is 25.6 Å². The molecule has 0 radical (unpaired) electrons. The standard InChI is InChI=1S/C19H18F3NO4/c1-27-14-8-6-13(16(10-14)19(20,21)22)11-23-17(24)9-7-12-4-2-3-5-15(12)18(25)26/h2-6,8,10H,7,9,11H2,1H3,(H,23,24)(H,25,26). The number of carboxylic acid groups (broad SMARTS) is 1. The summed E-state index contributed by atoms with van der Waals surface area (Å²) < 4.78 is 44.3. The highest BCUT2D eigenvalue weighted by Gasteiger charge is 2.33. The number of hydrogen-bond acceptors (Lipinski definition) is 3. The van der Waals surface area contributed by atoms with Crippen molar-refractivity contribution < 1.29 is 32.6 Å². The highest BCUT2D eigenvalue weighted by Crippen LogP contribution is 2.34. The van der Waals surface area contributed by atoms with Crippen molar-refractivity contribution >= 4 is 11.9 Å². The van der Waals surface area contributed by atoms with Gasteiger partial charge in [-0.25, -0.2) is 4.79 Å². The lowest BCUT2D eigenvalue weighted by Crippen LogP contribution is -2.25. The van der Waals surface area contributed by atoms with E-state index in [4.69, 9.17) is 9.84 Å². The van der Waals surface area contributed by atoms with Crippen LogP contribution in [0.1, 0.15) is 33.5 Å². The van der Waals surface area contributed by atoms with Gasteiger partial charge in [0, 0.05) is 13.0 Å². The molecule has 0 saturated carbocycles. The summed E-state index contributed by atoms with van der Waals surface area (Å²) >= 11 is 0. The number of nitrogens with one attached hydrogen (secondary N) is 1. The van der Waals surface area contributed by atoms with Gasteiger partial charge in [-0.1, -0.05) is 24.3 Å². The Hall–Kier alpha value is -3.03. The maximum atomic E-state index is 13.2. The molecule has 0 spiro atoms. The van der Waals surface area contributed by atoms with E-state index in [1.54, 1.807) is 18.2 Å². The summed E-state index contributed by atoms with van der Waals surface area (Å²) in [4.78, 5) is 23.1. The average molecular weight is 381 g/mol. The molecular weight excluding hydrogens is 363 g/mol. The summed E-state index contributed by atoms with van der Waals surface area (Å²) in [6.07, 6.45) is -4.44. The van der Waals surface area contributed by atoms with E-state index >= 15 is 0 Å². The molecule has 1 amide bonds. The molecule has 0 fully saturated rings. The number of aryl methyl sites for hydroxylation is 1. The SMILES string of the molecule is COc1ccc(CNC(=O)CCc2ccccc2C(=O)O)c(C(F)(F)F)c1. The number of amides is 1. The van der Waals surface area contributed by atoms with Crippen LogP contribution < -0.4 is 10.1 Å². The van der Waals surface area contributed by atoms with Gasteiger partial charge in [0.05, 0.1) is 18.2 Å². The van der Waals surface area contributed by atoms with Gasteiger partial charge in [-0.3, -0.25) is 4.79 Å². The Labute approximate surface area is 153 Å². The van der Waals surface area contributed by atoms with Gasteiger partial charge in [0.2, 0.25) is 5.91 Å². The second-order valence-electron chi connectivity index (χ2n) is 5.76. The third-order valence-electron chi connectivity index (χ3n) is 3.97. The predicted molar refractivity (Wildman–Crippen MR) is 91.6 cm³/mol. The predicted octanol–water partition coefficient (Wildman–Crippen LogP) is 3.66. The first-order valence-corrected chi connectivity index (χ1v) is 8.04. The first kappa shape index (κ1) is 20.3. The maximum absolute atomic E-state index is 13.2. The van der Waals surface area contributed by atoms with Gasteiger partial charge in [0.1, 0.15) is 5.75 Å². The number of alkyl halides is 3. The third kappa shape index (κ3) is 5.47. The molecular formula is C19H18F3NO4. The monoisotopic (exact) mass is 381 g/mol. The van der Waals surface area contributed by atoms with Crippen LogP contribution >= 0.6 is 0 Å². The van der Waals surface area contributed by atoms with Crippen molar-refractivity contribution in [3.05, 3.63) is 64.7 Å². The molecule has 0 aliphatic heterocycles. The van der Waals surface area contributed by atoms with E-state index in [9.17, 15) is 22.8 Å². The fourth-order valence-corrected chi connectivity index (χ4v) is 2.58. The minimum absolute atomic E-state index is 0.0399. The quantitative estimate of drug-likeness (QED) is 0.768. The van der Waals surface area contributed by atoms with E-state index in [1.165, 1.54) is 25.3 Å². The normalized spacial score (nSPS) is 11.1. The molecule has 0 atom stereocenters. The largest absolute Gasteiger partial charge is 0.497 e. The smallest absolute Gasteiger partial charge is 0.416 e. The fraction of sp³-hybridized carbons (Fsp3) is 0.263. The van der Waals surface area contributed by atoms with Gasteiger partial charge in [-0.05, 0) is 35.7 Å². The summed E-state index contributed by atoms with van der Waals surface area (Å²) in [5.41, 5.74) is -0.374. The second-order valence-corrected chi connectivity index (χ2v) is 5.76. The van der Waals surface area contributed by atoms with Crippen LogP contribution in [0.5, 0.6) is 5.75 Å². The lowest BCUT2D eigenvalue weighted by atomic mass is 10.0. The van der Waals surface area contributed by atoms with Crippen LogP contribution in [0.4, 0.5) is 13.2 Å². The minimum Gasteiger partial charge on any atom is -0.497 e. The summed E-state index contributed by atoms with van der Waals surface area (Å²) in [6.45, 7) is -0.293. The summed E-state index contributed by atoms with van der Waals surface area (Å²) in [7, 11) is 1.27. The number of ether oxygens (including phenoxy) is 1. The molecule has 8 heteroatoms. The highest BCUT2D eigenvalue weighted by molar-refractivity contribution is 5.89. The second kappa shape index (κ2) is 8.57. The van der Waals surface area contributed by atoms with Gasteiger partial charge in [-0.2, -0.15) is 13.2 Å². The van der Waals surface area contributed by atoms with Crippen LogP contribution in [0, 0.1) is 0 Å². The van der Waals surface area contributed by atoms with E-state index in [0.29, 0.717) is 5.56 Å². The van der Waals surface area contributed by atoms with E-state index in [-0.39, 0.29) is 36.3 Å². The Morgan fingerprint density at radius 1 is 1.11 bits per heavy atom. The van der Waals surface area contributed by atoms with Gasteiger partial charge in [0.15, 0.2) is 0 Å². The summed E-state index contributed by atoms with van der Waals surface area (Å²) in [6, 6.07) is 9.79. The molecule has 144 valence electrons. The van der Waals surface area contributed by atoms with Crippen LogP contribution in [0.3, 0.4) is 0 Å². The number of hydrogen-bond donors (Lipinski definition) is 2. The highest BCUT2D eigenvalue weighted by atomic mass is 19.4. The van der Waals surface area contributed by atoms with Gasteiger partial charge >= 0.3 is 12.1 Å². The molecule has 2 aromatic rings. The van der Waals surface area contributed by atoms with Gasteiger partial charge in [-0.15, -0.1) is 0 Å². The topological polar surface area (TPSA) is 75.6 Å². The van der Waals surface area contributed by atoms with Crippen molar-refractivity contribution in [2.24, 2.45) is 0 Å². The van der Waals surface area contributed by atoms with Crippen molar-refractivity contribution in [1.82, 2.24) is 5.32 Å². The number of methoxy groups -OCH3 is 1. The number of carbonyl (C=O) groups is 2. The molecule has 0 aromatic heterocycles. The Morgan fingerprint density at radius 3 is 2.44 bits per heavy atom. The van der Waals surface area contributed by atoms with Crippen LogP contribution in [0.25, 0.3) is 0 Å². The molecule has 0 aliphatic carbocycles. The Kier molecular flexibility index (Phi) is 6.44. The molecule has 2 rings (SSSR count). The summed E-state index contributed by atoms with van der Waals surface area (Å²) in [5, 5.41) is 11.6. The molecule has 0 heterocycles. The molecule has 0 saturated heterocycles. The lowest BCUT2D eigenvalue weighted by Gasteiger charge is -2.15. The molecule has 2 N–H and O–H groups in total. The number of benzene rings is 2. The number of carboxylic acids is 1. The Bertz CT molecular complexity index is 834. The fourth-order valence-electron chi connectivity index (χ4n) is 2.58. The van der Waals surface area contributed by atoms with Crippen LogP contribution in [0.2, 0.25) is 0 Å². The molecule has 0 aliphatic rings. The first-order chi connectivity index (χ1) is 12.7. The Morgan fingerprint density at radius 2 is 1.81 bits per heavy atom. The van der Waals surface area contributed by atoms with E-state index < -0.39 is 23.6 Å². The number of halogens is 3. The van der Waals surface area contributed by atoms with Crippen molar-refractivity contribution in [3.8, 4) is 5.75 Å². The minimum atomic E-state index is -4.57. The van der Waals surface area contributed by atoms with E-state index in [1.807, 2.05) is 0 Å². The first-order valence-electron chi connectivity index (χ1n) is 8.04. The molecule has 0 unspecified atom stereocenters. The van der Waals surface area contributed by atoms with Crippen LogP contribution in [-0.2, 0) is 23.9 Å². The molecule has 0 bridgehead atoms. The third-order valence-corrected chi connectivity index (χ3v) is 3.97. The molecule has 2 aromatic carbocycles. The van der Waals surface area contributed by atoms with Crippen LogP contribution in [-0.4, -0.2) is 24.1 Å². The molecule has 27 heavy (non-hydrogen) atoms. The van der Waals surface area contributed by atoms with Crippen molar-refractivity contribution in [3.63, 3.8) is 0 Å². The van der Waals surface area contributed by atoms with E-state index in [2.05, 4.69) is 5.32 Å². The Balaban J connectivity index is 2.01. The van der Waals surface area contributed by atoms with Gasteiger partial charge in [0.25, 0.3) is 0 Å². The molecule has 5 nitrogen and oxygen atoms in total. The zero-order valence-corrected chi connectivity index (χ0v) is 14.5. The number of aromatic carboxylic acids is 1.